The molecule has 0 spiro atoms. The number of nitrogens with one attached hydrogen (secondary N) is 1. The first-order valence-electron chi connectivity index (χ1n) is 4.24. The topological polar surface area (TPSA) is 29.9 Å². The zero-order chi connectivity index (χ0) is 10.7. The molecule has 3 nitrogen and oxygen atoms in total. The maximum absolute atomic E-state index is 5.64. The van der Waals surface area contributed by atoms with Crippen LogP contribution in [0.4, 0.5) is 0 Å². The van der Waals surface area contributed by atoms with Gasteiger partial charge in [-0.15, -0.1) is 0 Å². The number of aryl methyl sites for hydroxylation is 2. The number of hydrogen-bond donors (Lipinski definition) is 1. The predicted octanol–water partition coefficient (Wildman–Crippen LogP) is 2.33. The van der Waals surface area contributed by atoms with Crippen LogP contribution in [0.5, 0.6) is 0 Å². The molecule has 78 valence electrons. The minimum absolute atomic E-state index is 0.609. The highest BCUT2D eigenvalue weighted by molar-refractivity contribution is 9.10. The van der Waals surface area contributed by atoms with E-state index in [0.717, 1.165) is 22.4 Å². The summed E-state index contributed by atoms with van der Waals surface area (Å²) in [5.74, 6) is 0. The smallest absolute Gasteiger partial charge is 0.0739 e. The predicted molar refractivity (Wildman–Crippen MR) is 62.3 cm³/mol. The second-order valence-corrected chi connectivity index (χ2v) is 4.42. The van der Waals surface area contributed by atoms with Gasteiger partial charge in [-0.25, -0.2) is 0 Å². The quantitative estimate of drug-likeness (QED) is 0.916. The molecule has 0 amide bonds. The Morgan fingerprint density at radius 1 is 1.71 bits per heavy atom. The van der Waals surface area contributed by atoms with Crippen molar-refractivity contribution in [1.82, 2.24) is 15.1 Å². The van der Waals surface area contributed by atoms with Gasteiger partial charge in [0.05, 0.1) is 15.9 Å². The van der Waals surface area contributed by atoms with E-state index in [9.17, 15) is 0 Å². The molecular formula is C9H13BrClN3. The second kappa shape index (κ2) is 4.96. The van der Waals surface area contributed by atoms with E-state index in [4.69, 9.17) is 11.6 Å². The molecule has 0 aliphatic carbocycles. The molecule has 1 rings (SSSR count). The van der Waals surface area contributed by atoms with Gasteiger partial charge in [-0.3, -0.25) is 4.68 Å². The summed E-state index contributed by atoms with van der Waals surface area (Å²) in [6.45, 7) is 6.91. The van der Waals surface area contributed by atoms with Crippen LogP contribution in [-0.2, 0) is 13.6 Å². The van der Waals surface area contributed by atoms with Crippen LogP contribution < -0.4 is 5.32 Å². The summed E-state index contributed by atoms with van der Waals surface area (Å²) < 4.78 is 2.90. The van der Waals surface area contributed by atoms with Gasteiger partial charge in [0, 0.05) is 25.2 Å². The molecule has 0 bridgehead atoms. The monoisotopic (exact) mass is 277 g/mol. The summed E-state index contributed by atoms with van der Waals surface area (Å²) in [4.78, 5) is 0. The summed E-state index contributed by atoms with van der Waals surface area (Å²) in [5, 5.41) is 8.07. The summed E-state index contributed by atoms with van der Waals surface area (Å²) in [5.41, 5.74) is 2.11. The summed E-state index contributed by atoms with van der Waals surface area (Å²) >= 11 is 9.13. The molecule has 1 N–H and O–H groups in total. The Bertz CT molecular complexity index is 346. The van der Waals surface area contributed by atoms with Gasteiger partial charge < -0.3 is 5.32 Å². The lowest BCUT2D eigenvalue weighted by molar-refractivity contribution is 0.649. The number of aromatic nitrogens is 2. The normalized spacial score (nSPS) is 10.6. The maximum atomic E-state index is 5.64. The van der Waals surface area contributed by atoms with Crippen LogP contribution in [0.1, 0.15) is 11.4 Å². The standard InChI is InChI=1S/C9H13BrClN3/c1-6(11)4-12-5-8-9(10)7(2)13-14(8)3/h12H,1,4-5H2,2-3H3. The van der Waals surface area contributed by atoms with E-state index in [1.165, 1.54) is 0 Å². The van der Waals surface area contributed by atoms with Crippen LogP contribution in [0.3, 0.4) is 0 Å². The average molecular weight is 279 g/mol. The minimum Gasteiger partial charge on any atom is -0.306 e. The summed E-state index contributed by atoms with van der Waals surface area (Å²) in [6, 6.07) is 0. The number of nitrogens with zero attached hydrogens (tertiary/aromatic N) is 2. The third-order valence-corrected chi connectivity index (χ3v) is 3.04. The third-order valence-electron chi connectivity index (χ3n) is 1.87. The van der Waals surface area contributed by atoms with E-state index in [0.29, 0.717) is 11.6 Å². The Hall–Kier alpha value is -0.320. The molecule has 0 unspecified atom stereocenters. The van der Waals surface area contributed by atoms with E-state index < -0.39 is 0 Å². The largest absolute Gasteiger partial charge is 0.306 e. The molecule has 0 aliphatic rings. The zero-order valence-electron chi connectivity index (χ0n) is 8.27. The lowest BCUT2D eigenvalue weighted by Gasteiger charge is -2.04. The highest BCUT2D eigenvalue weighted by atomic mass is 79.9. The molecule has 5 heteroatoms. The molecule has 0 radical (unpaired) electrons. The van der Waals surface area contributed by atoms with Gasteiger partial charge in [0.2, 0.25) is 0 Å². The van der Waals surface area contributed by atoms with E-state index >= 15 is 0 Å². The molecule has 1 aromatic rings. The van der Waals surface area contributed by atoms with Crippen molar-refractivity contribution >= 4 is 27.5 Å². The number of rotatable bonds is 4. The van der Waals surface area contributed by atoms with E-state index in [2.05, 4.69) is 32.9 Å². The molecule has 0 saturated heterocycles. The van der Waals surface area contributed by atoms with Gasteiger partial charge >= 0.3 is 0 Å². The number of halogens is 2. The molecule has 14 heavy (non-hydrogen) atoms. The minimum atomic E-state index is 0.609. The van der Waals surface area contributed by atoms with Gasteiger partial charge in [-0.05, 0) is 22.9 Å². The lowest BCUT2D eigenvalue weighted by Crippen LogP contribution is -2.17. The lowest BCUT2D eigenvalue weighted by atomic mass is 10.3. The van der Waals surface area contributed by atoms with E-state index in [-0.39, 0.29) is 0 Å². The van der Waals surface area contributed by atoms with Crippen LogP contribution in [0.2, 0.25) is 0 Å². The molecule has 0 aliphatic heterocycles. The highest BCUT2D eigenvalue weighted by Crippen LogP contribution is 2.19. The van der Waals surface area contributed by atoms with Crippen molar-refractivity contribution in [2.24, 2.45) is 7.05 Å². The summed E-state index contributed by atoms with van der Waals surface area (Å²) in [6.07, 6.45) is 0. The molecule has 0 saturated carbocycles. The fraction of sp³-hybridized carbons (Fsp3) is 0.444. The van der Waals surface area contributed by atoms with Crippen LogP contribution in [0.15, 0.2) is 16.1 Å². The van der Waals surface area contributed by atoms with E-state index in [1.54, 1.807) is 0 Å². The Morgan fingerprint density at radius 3 is 2.79 bits per heavy atom. The van der Waals surface area contributed by atoms with Crippen LogP contribution in [0.25, 0.3) is 0 Å². The van der Waals surface area contributed by atoms with Crippen LogP contribution in [-0.4, -0.2) is 16.3 Å². The molecule has 0 atom stereocenters. The first-order valence-corrected chi connectivity index (χ1v) is 5.41. The maximum Gasteiger partial charge on any atom is 0.0739 e. The van der Waals surface area contributed by atoms with Crippen molar-refractivity contribution < 1.29 is 0 Å². The molecule has 0 aromatic carbocycles. The van der Waals surface area contributed by atoms with Gasteiger partial charge in [-0.1, -0.05) is 18.2 Å². The molecule has 1 aromatic heterocycles. The van der Waals surface area contributed by atoms with Gasteiger partial charge in [0.1, 0.15) is 0 Å². The fourth-order valence-corrected chi connectivity index (χ4v) is 1.76. The van der Waals surface area contributed by atoms with Crippen molar-refractivity contribution in [2.45, 2.75) is 13.5 Å². The van der Waals surface area contributed by atoms with Crippen molar-refractivity contribution in [2.75, 3.05) is 6.54 Å². The second-order valence-electron chi connectivity index (χ2n) is 3.09. The zero-order valence-corrected chi connectivity index (χ0v) is 10.6. The van der Waals surface area contributed by atoms with Gasteiger partial charge in [-0.2, -0.15) is 5.10 Å². The number of hydrogen-bond acceptors (Lipinski definition) is 2. The van der Waals surface area contributed by atoms with Gasteiger partial charge in [0.25, 0.3) is 0 Å². The Morgan fingerprint density at radius 2 is 2.36 bits per heavy atom. The Labute approximate surface area is 97.3 Å². The van der Waals surface area contributed by atoms with Crippen molar-refractivity contribution in [1.29, 1.82) is 0 Å². The fourth-order valence-electron chi connectivity index (χ4n) is 1.19. The average Bonchev–Trinajstić information content (AvgIpc) is 2.31. The summed E-state index contributed by atoms with van der Waals surface area (Å²) in [7, 11) is 1.92. The first kappa shape index (κ1) is 11.8. The van der Waals surface area contributed by atoms with Crippen molar-refractivity contribution in [3.8, 4) is 0 Å². The third kappa shape index (κ3) is 2.83. The first-order chi connectivity index (χ1) is 6.52. The van der Waals surface area contributed by atoms with Gasteiger partial charge in [0.15, 0.2) is 0 Å². The molecule has 0 fully saturated rings. The SMILES string of the molecule is C=C(Cl)CNCc1c(Br)c(C)nn1C. The van der Waals surface area contributed by atoms with Crippen molar-refractivity contribution in [3.05, 3.63) is 27.5 Å². The van der Waals surface area contributed by atoms with Crippen molar-refractivity contribution in [3.63, 3.8) is 0 Å². The Kier molecular flexibility index (Phi) is 4.16. The molecular weight excluding hydrogens is 265 g/mol. The highest BCUT2D eigenvalue weighted by Gasteiger charge is 2.09. The van der Waals surface area contributed by atoms with E-state index in [1.807, 2.05) is 18.7 Å². The van der Waals surface area contributed by atoms with Crippen LogP contribution >= 0.6 is 27.5 Å². The molecule has 1 heterocycles. The Balaban J connectivity index is 2.62. The van der Waals surface area contributed by atoms with Crippen LogP contribution in [0, 0.1) is 6.92 Å².